The molecule has 0 bridgehead atoms. The van der Waals surface area contributed by atoms with Crippen LogP contribution in [0.1, 0.15) is 37.3 Å². The number of unbranched alkanes of at least 4 members (excludes halogenated alkanes) is 1. The van der Waals surface area contributed by atoms with E-state index in [-0.39, 0.29) is 11.9 Å². The van der Waals surface area contributed by atoms with Gasteiger partial charge < -0.3 is 4.42 Å². The van der Waals surface area contributed by atoms with E-state index in [1.807, 2.05) is 39.0 Å². The van der Waals surface area contributed by atoms with Crippen molar-refractivity contribution in [3.63, 3.8) is 0 Å². The first-order valence-corrected chi connectivity index (χ1v) is 6.81. The Kier molecular flexibility index (Phi) is 4.50. The highest BCUT2D eigenvalue weighted by atomic mass is 16.4. The highest BCUT2D eigenvalue weighted by molar-refractivity contribution is 5.88. The molecule has 0 aliphatic rings. The van der Waals surface area contributed by atoms with Gasteiger partial charge in [-0.15, -0.1) is 5.10 Å². The summed E-state index contributed by atoms with van der Waals surface area (Å²) in [5.41, 5.74) is 3.08. The molecule has 0 aliphatic heterocycles. The van der Waals surface area contributed by atoms with Gasteiger partial charge in [-0.1, -0.05) is 36.1 Å². The number of hydrogen-bond donors (Lipinski definition) is 1. The lowest BCUT2D eigenvalue weighted by molar-refractivity contribution is -0.116. The van der Waals surface area contributed by atoms with Crippen LogP contribution in [0.15, 0.2) is 22.6 Å². The van der Waals surface area contributed by atoms with E-state index in [1.54, 1.807) is 0 Å². The number of anilines is 1. The molecule has 0 saturated carbocycles. The van der Waals surface area contributed by atoms with Gasteiger partial charge in [0.15, 0.2) is 0 Å². The number of carbonyl (C=O) groups excluding carboxylic acids is 1. The monoisotopic (exact) mass is 273 g/mol. The minimum Gasteiger partial charge on any atom is -0.403 e. The molecular formula is C15H19N3O2. The Hall–Kier alpha value is -2.17. The van der Waals surface area contributed by atoms with Crippen LogP contribution in [0, 0.1) is 13.8 Å². The minimum absolute atomic E-state index is 0.0944. The first-order chi connectivity index (χ1) is 9.60. The standard InChI is InChI=1S/C15H19N3O2/c1-4-5-6-13(19)16-15-18-17-14(20-15)12-9-10(2)7-8-11(12)3/h7-9H,4-6H2,1-3H3,(H,16,18,19). The van der Waals surface area contributed by atoms with Crippen molar-refractivity contribution in [3.8, 4) is 11.5 Å². The van der Waals surface area contributed by atoms with Crippen LogP contribution in [0.25, 0.3) is 11.5 Å². The van der Waals surface area contributed by atoms with E-state index in [0.717, 1.165) is 29.5 Å². The first kappa shape index (κ1) is 14.2. The van der Waals surface area contributed by atoms with Crippen molar-refractivity contribution in [2.24, 2.45) is 0 Å². The van der Waals surface area contributed by atoms with Crippen molar-refractivity contribution in [1.29, 1.82) is 0 Å². The number of carbonyl (C=O) groups is 1. The second-order valence-electron chi connectivity index (χ2n) is 4.88. The third-order valence-electron chi connectivity index (χ3n) is 3.05. The van der Waals surface area contributed by atoms with Crippen LogP contribution < -0.4 is 5.32 Å². The van der Waals surface area contributed by atoms with Crippen molar-refractivity contribution in [2.45, 2.75) is 40.0 Å². The van der Waals surface area contributed by atoms with E-state index < -0.39 is 0 Å². The SMILES string of the molecule is CCCCC(=O)Nc1nnc(-c2cc(C)ccc2C)o1. The van der Waals surface area contributed by atoms with Crippen LogP contribution in [0.2, 0.25) is 0 Å². The summed E-state index contributed by atoms with van der Waals surface area (Å²) < 4.78 is 5.50. The number of amides is 1. The van der Waals surface area contributed by atoms with E-state index >= 15 is 0 Å². The van der Waals surface area contributed by atoms with Gasteiger partial charge in [-0.3, -0.25) is 10.1 Å². The smallest absolute Gasteiger partial charge is 0.322 e. The average Bonchev–Trinajstić information content (AvgIpc) is 2.87. The van der Waals surface area contributed by atoms with Crippen LogP contribution >= 0.6 is 0 Å². The molecule has 0 radical (unpaired) electrons. The maximum absolute atomic E-state index is 11.6. The number of rotatable bonds is 5. The summed E-state index contributed by atoms with van der Waals surface area (Å²) in [6.07, 6.45) is 2.30. The van der Waals surface area contributed by atoms with Crippen LogP contribution in [0.3, 0.4) is 0 Å². The Morgan fingerprint density at radius 2 is 2.10 bits per heavy atom. The molecule has 2 rings (SSSR count). The van der Waals surface area contributed by atoms with Gasteiger partial charge in [0.05, 0.1) is 0 Å². The zero-order valence-corrected chi connectivity index (χ0v) is 12.1. The Morgan fingerprint density at radius 1 is 1.30 bits per heavy atom. The number of hydrogen-bond acceptors (Lipinski definition) is 4. The highest BCUT2D eigenvalue weighted by Crippen LogP contribution is 2.24. The van der Waals surface area contributed by atoms with Crippen molar-refractivity contribution < 1.29 is 9.21 Å². The number of nitrogens with one attached hydrogen (secondary N) is 1. The molecule has 0 unspecified atom stereocenters. The molecule has 5 nitrogen and oxygen atoms in total. The molecule has 20 heavy (non-hydrogen) atoms. The van der Waals surface area contributed by atoms with Crippen molar-refractivity contribution in [2.75, 3.05) is 5.32 Å². The molecule has 1 heterocycles. The summed E-state index contributed by atoms with van der Waals surface area (Å²) in [6.45, 7) is 6.03. The Balaban J connectivity index is 2.12. The molecule has 0 saturated heterocycles. The fraction of sp³-hybridized carbons (Fsp3) is 0.400. The fourth-order valence-corrected chi connectivity index (χ4v) is 1.87. The third kappa shape index (κ3) is 3.44. The van der Waals surface area contributed by atoms with Crippen molar-refractivity contribution in [3.05, 3.63) is 29.3 Å². The van der Waals surface area contributed by atoms with Crippen LogP contribution in [0.4, 0.5) is 6.01 Å². The molecule has 0 spiro atoms. The Morgan fingerprint density at radius 3 is 2.85 bits per heavy atom. The normalized spacial score (nSPS) is 10.6. The van der Waals surface area contributed by atoms with Gasteiger partial charge >= 0.3 is 6.01 Å². The van der Waals surface area contributed by atoms with Crippen molar-refractivity contribution in [1.82, 2.24) is 10.2 Å². The zero-order valence-electron chi connectivity index (χ0n) is 12.1. The number of aryl methyl sites for hydroxylation is 2. The fourth-order valence-electron chi connectivity index (χ4n) is 1.87. The van der Waals surface area contributed by atoms with Gasteiger partial charge in [0.1, 0.15) is 0 Å². The average molecular weight is 273 g/mol. The summed E-state index contributed by atoms with van der Waals surface area (Å²) in [7, 11) is 0. The second kappa shape index (κ2) is 6.32. The molecule has 1 aromatic carbocycles. The largest absolute Gasteiger partial charge is 0.403 e. The lowest BCUT2D eigenvalue weighted by atomic mass is 10.1. The Bertz CT molecular complexity index is 605. The van der Waals surface area contributed by atoms with Crippen LogP contribution in [0.5, 0.6) is 0 Å². The quantitative estimate of drug-likeness (QED) is 0.905. The van der Waals surface area contributed by atoms with E-state index in [1.165, 1.54) is 0 Å². The topological polar surface area (TPSA) is 68.0 Å². The van der Waals surface area contributed by atoms with Gasteiger partial charge in [-0.2, -0.15) is 0 Å². The Labute approximate surface area is 118 Å². The van der Waals surface area contributed by atoms with Crippen LogP contribution in [-0.2, 0) is 4.79 Å². The minimum atomic E-state index is -0.0944. The van der Waals surface area contributed by atoms with Gasteiger partial charge in [0.2, 0.25) is 11.8 Å². The highest BCUT2D eigenvalue weighted by Gasteiger charge is 2.12. The molecule has 0 aliphatic carbocycles. The summed E-state index contributed by atoms with van der Waals surface area (Å²) in [5, 5.41) is 10.5. The maximum atomic E-state index is 11.6. The molecule has 0 atom stereocenters. The first-order valence-electron chi connectivity index (χ1n) is 6.81. The molecule has 2 aromatic rings. The molecule has 5 heteroatoms. The molecular weight excluding hydrogens is 254 g/mol. The van der Waals surface area contributed by atoms with Gasteiger partial charge in [-0.05, 0) is 31.9 Å². The number of aromatic nitrogens is 2. The molecule has 106 valence electrons. The lowest BCUT2D eigenvalue weighted by Gasteiger charge is -2.02. The van der Waals surface area contributed by atoms with E-state index in [4.69, 9.17) is 4.42 Å². The van der Waals surface area contributed by atoms with E-state index in [9.17, 15) is 4.79 Å². The summed E-state index contributed by atoms with van der Waals surface area (Å²) in [4.78, 5) is 11.6. The van der Waals surface area contributed by atoms with Crippen LogP contribution in [-0.4, -0.2) is 16.1 Å². The van der Waals surface area contributed by atoms with Crippen molar-refractivity contribution >= 4 is 11.9 Å². The van der Waals surface area contributed by atoms with Gasteiger partial charge in [0, 0.05) is 12.0 Å². The lowest BCUT2D eigenvalue weighted by Crippen LogP contribution is -2.11. The third-order valence-corrected chi connectivity index (χ3v) is 3.05. The number of benzene rings is 1. The molecule has 1 aromatic heterocycles. The summed E-state index contributed by atoms with van der Waals surface area (Å²) in [5.74, 6) is 0.333. The van der Waals surface area contributed by atoms with E-state index in [0.29, 0.717) is 12.3 Å². The van der Waals surface area contributed by atoms with E-state index in [2.05, 4.69) is 15.5 Å². The predicted molar refractivity (Wildman–Crippen MR) is 77.4 cm³/mol. The maximum Gasteiger partial charge on any atom is 0.322 e. The molecule has 1 amide bonds. The summed E-state index contributed by atoms with van der Waals surface area (Å²) >= 11 is 0. The van der Waals surface area contributed by atoms with Gasteiger partial charge in [0.25, 0.3) is 0 Å². The van der Waals surface area contributed by atoms with Gasteiger partial charge in [-0.25, -0.2) is 0 Å². The molecule has 0 fully saturated rings. The number of nitrogens with zero attached hydrogens (tertiary/aromatic N) is 2. The predicted octanol–water partition coefficient (Wildman–Crippen LogP) is 3.48. The summed E-state index contributed by atoms with van der Waals surface area (Å²) in [6, 6.07) is 6.18. The molecule has 1 N–H and O–H groups in total. The zero-order chi connectivity index (χ0) is 14.5. The second-order valence-corrected chi connectivity index (χ2v) is 4.88.